The third kappa shape index (κ3) is 2.43. The number of nitrogens with one attached hydrogen (secondary N) is 1. The fourth-order valence-electron chi connectivity index (χ4n) is 2.94. The summed E-state index contributed by atoms with van der Waals surface area (Å²) in [6.45, 7) is 1.28. The van der Waals surface area contributed by atoms with Crippen molar-refractivity contribution in [1.82, 2.24) is 10.2 Å². The second-order valence-corrected chi connectivity index (χ2v) is 5.71. The van der Waals surface area contributed by atoms with E-state index in [9.17, 15) is 22.8 Å². The van der Waals surface area contributed by atoms with Gasteiger partial charge in [0.2, 0.25) is 5.54 Å². The van der Waals surface area contributed by atoms with Crippen molar-refractivity contribution in [3.63, 3.8) is 0 Å². The maximum absolute atomic E-state index is 12.8. The maximum atomic E-state index is 12.8. The van der Waals surface area contributed by atoms with Gasteiger partial charge < -0.3 is 15.3 Å². The number of hydrogen-bond acceptors (Lipinski definition) is 2. The Labute approximate surface area is 114 Å². The van der Waals surface area contributed by atoms with Crippen LogP contribution in [-0.2, 0) is 4.79 Å². The number of alkyl halides is 3. The van der Waals surface area contributed by atoms with Gasteiger partial charge in [0.05, 0.1) is 0 Å². The Balaban J connectivity index is 2.05. The number of carboxylic acid groups (broad SMARTS) is 1. The normalized spacial score (nSPS) is 28.9. The Morgan fingerprint density at radius 1 is 1.20 bits per heavy atom. The second kappa shape index (κ2) is 4.82. The monoisotopic (exact) mass is 294 g/mol. The number of likely N-dealkylation sites (tertiary alicyclic amines) is 1. The highest BCUT2D eigenvalue weighted by molar-refractivity contribution is 5.86. The maximum Gasteiger partial charge on any atom is 0.422 e. The number of nitrogens with zero attached hydrogens (tertiary/aromatic N) is 1. The minimum absolute atomic E-state index is 0.336. The number of carboxylic acids is 1. The van der Waals surface area contributed by atoms with Crippen LogP contribution in [0.3, 0.4) is 0 Å². The molecule has 3 atom stereocenters. The highest BCUT2D eigenvalue weighted by atomic mass is 19.4. The number of halogens is 3. The highest BCUT2D eigenvalue weighted by Crippen LogP contribution is 2.38. The van der Waals surface area contributed by atoms with Crippen molar-refractivity contribution in [2.24, 2.45) is 11.8 Å². The van der Waals surface area contributed by atoms with Crippen LogP contribution in [0.4, 0.5) is 18.0 Å². The zero-order chi connectivity index (χ0) is 15.1. The lowest BCUT2D eigenvalue weighted by Gasteiger charge is -2.30. The van der Waals surface area contributed by atoms with Gasteiger partial charge in [-0.3, -0.25) is 0 Å². The molecule has 2 aliphatic rings. The predicted octanol–water partition coefficient (Wildman–Crippen LogP) is 1.83. The summed E-state index contributed by atoms with van der Waals surface area (Å²) in [7, 11) is 0. The zero-order valence-corrected chi connectivity index (χ0v) is 11.0. The van der Waals surface area contributed by atoms with Crippen molar-refractivity contribution in [2.45, 2.75) is 37.9 Å². The summed E-state index contributed by atoms with van der Waals surface area (Å²) in [6.07, 6.45) is -2.02. The molecule has 2 rings (SSSR count). The molecule has 1 aliphatic heterocycles. The molecule has 20 heavy (non-hydrogen) atoms. The molecule has 1 aliphatic carbocycles. The molecular formula is C12H17F3N2O3. The lowest BCUT2D eigenvalue weighted by molar-refractivity contribution is -0.203. The van der Waals surface area contributed by atoms with E-state index < -0.39 is 23.7 Å². The summed E-state index contributed by atoms with van der Waals surface area (Å²) in [4.78, 5) is 24.0. The molecular weight excluding hydrogens is 277 g/mol. The van der Waals surface area contributed by atoms with E-state index >= 15 is 0 Å². The Kier molecular flexibility index (Phi) is 3.60. The number of urea groups is 1. The minimum Gasteiger partial charge on any atom is -0.479 e. The van der Waals surface area contributed by atoms with Crippen LogP contribution in [-0.4, -0.2) is 46.8 Å². The van der Waals surface area contributed by atoms with E-state index in [1.165, 1.54) is 4.90 Å². The summed E-state index contributed by atoms with van der Waals surface area (Å²) in [6, 6.07) is -0.957. The van der Waals surface area contributed by atoms with Gasteiger partial charge in [-0.05, 0) is 31.6 Å². The topological polar surface area (TPSA) is 69.6 Å². The van der Waals surface area contributed by atoms with Crippen LogP contribution < -0.4 is 5.32 Å². The molecule has 8 heteroatoms. The van der Waals surface area contributed by atoms with E-state index in [1.807, 2.05) is 0 Å². The lowest BCUT2D eigenvalue weighted by Crippen LogP contribution is -2.63. The summed E-state index contributed by atoms with van der Waals surface area (Å²) in [5.74, 6) is -1.44. The molecule has 1 saturated carbocycles. The molecule has 5 nitrogen and oxygen atoms in total. The Bertz CT molecular complexity index is 415. The SMILES string of the molecule is CC(NC(=O)N1CC2CCCC2C1)(C(=O)O)C(F)(F)F. The Hall–Kier alpha value is -1.47. The molecule has 0 spiro atoms. The average Bonchev–Trinajstić information content (AvgIpc) is 2.86. The van der Waals surface area contributed by atoms with Gasteiger partial charge in [0.25, 0.3) is 0 Å². The molecule has 1 saturated heterocycles. The standard InChI is InChI=1S/C12H17F3N2O3/c1-11(9(18)19,12(13,14)15)16-10(20)17-5-7-3-2-4-8(7)6-17/h7-8H,2-6H2,1H3,(H,16,20)(H,18,19). The molecule has 0 aromatic heterocycles. The zero-order valence-electron chi connectivity index (χ0n) is 11.0. The Morgan fingerprint density at radius 3 is 2.10 bits per heavy atom. The van der Waals surface area contributed by atoms with Crippen molar-refractivity contribution in [3.8, 4) is 0 Å². The molecule has 2 N–H and O–H groups in total. The average molecular weight is 294 g/mol. The first kappa shape index (κ1) is 14.9. The number of hydrogen-bond donors (Lipinski definition) is 2. The minimum atomic E-state index is -5.05. The molecule has 0 radical (unpaired) electrons. The van der Waals surface area contributed by atoms with Crippen molar-refractivity contribution >= 4 is 12.0 Å². The smallest absolute Gasteiger partial charge is 0.422 e. The number of fused-ring (bicyclic) bond motifs is 1. The first-order valence-corrected chi connectivity index (χ1v) is 6.52. The van der Waals surface area contributed by atoms with Crippen LogP contribution in [0.25, 0.3) is 0 Å². The van der Waals surface area contributed by atoms with Gasteiger partial charge in [-0.25, -0.2) is 9.59 Å². The van der Waals surface area contributed by atoms with Crippen LogP contribution in [0, 0.1) is 11.8 Å². The summed E-state index contributed by atoms with van der Waals surface area (Å²) in [5, 5.41) is 10.4. The van der Waals surface area contributed by atoms with E-state index in [4.69, 9.17) is 5.11 Å². The molecule has 2 amide bonds. The lowest BCUT2D eigenvalue weighted by atomic mass is 10.0. The summed E-state index contributed by atoms with van der Waals surface area (Å²) < 4.78 is 38.5. The molecule has 0 aromatic carbocycles. The van der Waals surface area contributed by atoms with Crippen LogP contribution in [0.1, 0.15) is 26.2 Å². The predicted molar refractivity (Wildman–Crippen MR) is 63.0 cm³/mol. The van der Waals surface area contributed by atoms with E-state index in [1.54, 1.807) is 5.32 Å². The highest BCUT2D eigenvalue weighted by Gasteiger charge is 2.59. The van der Waals surface area contributed by atoms with Gasteiger partial charge in [-0.1, -0.05) is 6.42 Å². The molecule has 3 unspecified atom stereocenters. The number of rotatable bonds is 2. The van der Waals surface area contributed by atoms with Gasteiger partial charge in [0.15, 0.2) is 0 Å². The molecule has 114 valence electrons. The second-order valence-electron chi connectivity index (χ2n) is 5.71. The van der Waals surface area contributed by atoms with Crippen LogP contribution in [0.5, 0.6) is 0 Å². The third-order valence-electron chi connectivity index (χ3n) is 4.37. The van der Waals surface area contributed by atoms with Gasteiger partial charge in [0.1, 0.15) is 0 Å². The van der Waals surface area contributed by atoms with Crippen LogP contribution in [0.15, 0.2) is 0 Å². The van der Waals surface area contributed by atoms with E-state index in [0.717, 1.165) is 19.3 Å². The third-order valence-corrected chi connectivity index (χ3v) is 4.37. The first-order valence-electron chi connectivity index (χ1n) is 6.52. The number of aliphatic carboxylic acids is 1. The first-order chi connectivity index (χ1) is 9.15. The Morgan fingerprint density at radius 2 is 1.70 bits per heavy atom. The quantitative estimate of drug-likeness (QED) is 0.816. The van der Waals surface area contributed by atoms with E-state index in [2.05, 4.69) is 0 Å². The number of carbonyl (C=O) groups is 2. The molecule has 0 aromatic rings. The summed E-state index contributed by atoms with van der Waals surface area (Å²) >= 11 is 0. The van der Waals surface area contributed by atoms with Crippen molar-refractivity contribution < 1.29 is 27.9 Å². The summed E-state index contributed by atoms with van der Waals surface area (Å²) in [5.41, 5.74) is -3.26. The van der Waals surface area contributed by atoms with Gasteiger partial charge in [-0.15, -0.1) is 0 Å². The van der Waals surface area contributed by atoms with Gasteiger partial charge in [-0.2, -0.15) is 13.2 Å². The number of amides is 2. The van der Waals surface area contributed by atoms with E-state index in [0.29, 0.717) is 31.8 Å². The van der Waals surface area contributed by atoms with Gasteiger partial charge in [0, 0.05) is 13.1 Å². The number of carbonyl (C=O) groups excluding carboxylic acids is 1. The molecule has 2 fully saturated rings. The van der Waals surface area contributed by atoms with Crippen LogP contribution >= 0.6 is 0 Å². The molecule has 0 bridgehead atoms. The van der Waals surface area contributed by atoms with E-state index in [-0.39, 0.29) is 0 Å². The molecule has 1 heterocycles. The van der Waals surface area contributed by atoms with Crippen molar-refractivity contribution in [2.75, 3.05) is 13.1 Å². The van der Waals surface area contributed by atoms with Crippen LogP contribution in [0.2, 0.25) is 0 Å². The van der Waals surface area contributed by atoms with Crippen molar-refractivity contribution in [1.29, 1.82) is 0 Å². The van der Waals surface area contributed by atoms with Gasteiger partial charge >= 0.3 is 18.2 Å². The van der Waals surface area contributed by atoms with Crippen molar-refractivity contribution in [3.05, 3.63) is 0 Å². The fourth-order valence-corrected chi connectivity index (χ4v) is 2.94. The fraction of sp³-hybridized carbons (Fsp3) is 0.833. The largest absolute Gasteiger partial charge is 0.479 e.